The molecule has 0 spiro atoms. The minimum Gasteiger partial charge on any atom is -0.285 e. The standard InChI is InChI=1S/C14H14N4O2S/c1-11-5-7-12(8-6-11)21(19,20)15-10-14-17-16-13-4-2-3-9-18(13)14/h2-9,15H,10H2,1H3. The van der Waals surface area contributed by atoms with E-state index < -0.39 is 10.0 Å². The highest BCUT2D eigenvalue weighted by Crippen LogP contribution is 2.11. The molecule has 6 nitrogen and oxygen atoms in total. The molecule has 2 aromatic heterocycles. The highest BCUT2D eigenvalue weighted by molar-refractivity contribution is 7.89. The van der Waals surface area contributed by atoms with E-state index in [-0.39, 0.29) is 11.4 Å². The van der Waals surface area contributed by atoms with Crippen molar-refractivity contribution < 1.29 is 8.42 Å². The molecule has 108 valence electrons. The summed E-state index contributed by atoms with van der Waals surface area (Å²) in [5, 5.41) is 7.97. The van der Waals surface area contributed by atoms with Crippen molar-refractivity contribution in [3.63, 3.8) is 0 Å². The Hall–Kier alpha value is -2.25. The number of pyridine rings is 1. The van der Waals surface area contributed by atoms with Crippen LogP contribution in [-0.2, 0) is 16.6 Å². The molecule has 0 saturated carbocycles. The molecule has 1 N–H and O–H groups in total. The monoisotopic (exact) mass is 302 g/mol. The number of hydrogen-bond donors (Lipinski definition) is 1. The van der Waals surface area contributed by atoms with Gasteiger partial charge in [0.1, 0.15) is 0 Å². The van der Waals surface area contributed by atoms with E-state index in [4.69, 9.17) is 0 Å². The van der Waals surface area contributed by atoms with Crippen LogP contribution in [0.4, 0.5) is 0 Å². The number of sulfonamides is 1. The normalized spacial score (nSPS) is 11.9. The zero-order chi connectivity index (χ0) is 14.9. The fourth-order valence-electron chi connectivity index (χ4n) is 1.97. The van der Waals surface area contributed by atoms with Gasteiger partial charge in [0.2, 0.25) is 10.0 Å². The van der Waals surface area contributed by atoms with Crippen molar-refractivity contribution >= 4 is 15.7 Å². The van der Waals surface area contributed by atoms with Gasteiger partial charge in [-0.2, -0.15) is 0 Å². The van der Waals surface area contributed by atoms with Gasteiger partial charge in [-0.1, -0.05) is 23.8 Å². The number of benzene rings is 1. The largest absolute Gasteiger partial charge is 0.285 e. The molecule has 3 aromatic rings. The molecular weight excluding hydrogens is 288 g/mol. The van der Waals surface area contributed by atoms with Gasteiger partial charge in [0, 0.05) is 6.20 Å². The maximum Gasteiger partial charge on any atom is 0.240 e. The molecule has 0 unspecified atom stereocenters. The van der Waals surface area contributed by atoms with Crippen molar-refractivity contribution in [1.82, 2.24) is 19.3 Å². The zero-order valence-electron chi connectivity index (χ0n) is 11.4. The topological polar surface area (TPSA) is 76.4 Å². The summed E-state index contributed by atoms with van der Waals surface area (Å²) in [7, 11) is -3.55. The summed E-state index contributed by atoms with van der Waals surface area (Å²) in [5.41, 5.74) is 1.69. The molecule has 0 fully saturated rings. The average Bonchev–Trinajstić information content (AvgIpc) is 2.89. The van der Waals surface area contributed by atoms with E-state index >= 15 is 0 Å². The van der Waals surface area contributed by atoms with Crippen molar-refractivity contribution in [2.45, 2.75) is 18.4 Å². The third-order valence-corrected chi connectivity index (χ3v) is 4.55. The van der Waals surface area contributed by atoms with E-state index in [1.807, 2.05) is 25.1 Å². The molecule has 0 saturated heterocycles. The maximum atomic E-state index is 12.2. The van der Waals surface area contributed by atoms with Crippen molar-refractivity contribution in [3.05, 3.63) is 60.0 Å². The second kappa shape index (κ2) is 5.27. The molecule has 0 radical (unpaired) electrons. The van der Waals surface area contributed by atoms with Crippen LogP contribution in [0, 0.1) is 6.92 Å². The number of aromatic nitrogens is 3. The van der Waals surface area contributed by atoms with Crippen LogP contribution in [0.1, 0.15) is 11.4 Å². The smallest absolute Gasteiger partial charge is 0.240 e. The lowest BCUT2D eigenvalue weighted by Gasteiger charge is -2.06. The summed E-state index contributed by atoms with van der Waals surface area (Å²) in [5.74, 6) is 0.543. The van der Waals surface area contributed by atoms with Gasteiger partial charge < -0.3 is 0 Å². The van der Waals surface area contributed by atoms with Gasteiger partial charge in [0.25, 0.3) is 0 Å². The third kappa shape index (κ3) is 2.79. The van der Waals surface area contributed by atoms with Crippen molar-refractivity contribution in [2.24, 2.45) is 0 Å². The molecule has 0 atom stereocenters. The molecule has 0 aliphatic rings. The fourth-order valence-corrected chi connectivity index (χ4v) is 2.95. The molecule has 0 amide bonds. The number of hydrogen-bond acceptors (Lipinski definition) is 4. The molecule has 7 heteroatoms. The van der Waals surface area contributed by atoms with Crippen LogP contribution in [0.2, 0.25) is 0 Å². The Morgan fingerprint density at radius 1 is 1.10 bits per heavy atom. The minimum absolute atomic E-state index is 0.0847. The van der Waals surface area contributed by atoms with Crippen LogP contribution < -0.4 is 4.72 Å². The van der Waals surface area contributed by atoms with Gasteiger partial charge in [-0.15, -0.1) is 10.2 Å². The lowest BCUT2D eigenvalue weighted by atomic mass is 10.2. The van der Waals surface area contributed by atoms with Crippen LogP contribution in [0.15, 0.2) is 53.6 Å². The zero-order valence-corrected chi connectivity index (χ0v) is 12.2. The molecule has 0 aliphatic carbocycles. The van der Waals surface area contributed by atoms with Crippen LogP contribution >= 0.6 is 0 Å². The summed E-state index contributed by atoms with van der Waals surface area (Å²) in [6.45, 7) is 1.99. The van der Waals surface area contributed by atoms with Gasteiger partial charge >= 0.3 is 0 Å². The van der Waals surface area contributed by atoms with Gasteiger partial charge in [0.15, 0.2) is 11.5 Å². The van der Waals surface area contributed by atoms with E-state index in [9.17, 15) is 8.42 Å². The van der Waals surface area contributed by atoms with Gasteiger partial charge in [-0.25, -0.2) is 13.1 Å². The van der Waals surface area contributed by atoms with E-state index in [0.717, 1.165) is 5.56 Å². The highest BCUT2D eigenvalue weighted by atomic mass is 32.2. The first-order chi connectivity index (χ1) is 10.1. The number of aryl methyl sites for hydroxylation is 1. The number of nitrogens with one attached hydrogen (secondary N) is 1. The first-order valence-corrected chi connectivity index (χ1v) is 7.89. The van der Waals surface area contributed by atoms with E-state index in [0.29, 0.717) is 11.5 Å². The Morgan fingerprint density at radius 2 is 1.86 bits per heavy atom. The number of nitrogens with zero attached hydrogens (tertiary/aromatic N) is 3. The molecule has 21 heavy (non-hydrogen) atoms. The van der Waals surface area contributed by atoms with Gasteiger partial charge in [-0.3, -0.25) is 4.40 Å². The van der Waals surface area contributed by atoms with Crippen LogP contribution in [0.25, 0.3) is 5.65 Å². The molecule has 1 aromatic carbocycles. The lowest BCUT2D eigenvalue weighted by Crippen LogP contribution is -2.24. The third-order valence-electron chi connectivity index (χ3n) is 3.14. The molecule has 3 rings (SSSR count). The van der Waals surface area contributed by atoms with E-state index in [2.05, 4.69) is 14.9 Å². The molecular formula is C14H14N4O2S. The Morgan fingerprint density at radius 3 is 2.62 bits per heavy atom. The Balaban J connectivity index is 1.82. The summed E-state index contributed by atoms with van der Waals surface area (Å²) < 4.78 is 28.7. The van der Waals surface area contributed by atoms with Crippen molar-refractivity contribution in [2.75, 3.05) is 0 Å². The van der Waals surface area contributed by atoms with Gasteiger partial charge in [-0.05, 0) is 31.2 Å². The maximum absolute atomic E-state index is 12.2. The number of fused-ring (bicyclic) bond motifs is 1. The first-order valence-electron chi connectivity index (χ1n) is 6.41. The molecule has 2 heterocycles. The SMILES string of the molecule is Cc1ccc(S(=O)(=O)NCc2nnc3ccccn23)cc1. The van der Waals surface area contributed by atoms with Crippen molar-refractivity contribution in [3.8, 4) is 0 Å². The summed E-state index contributed by atoms with van der Waals surface area (Å²) >= 11 is 0. The predicted octanol–water partition coefficient (Wildman–Crippen LogP) is 1.52. The summed E-state index contributed by atoms with van der Waals surface area (Å²) in [6.07, 6.45) is 1.80. The molecule has 0 bridgehead atoms. The average molecular weight is 302 g/mol. The predicted molar refractivity (Wildman–Crippen MR) is 78.2 cm³/mol. The van der Waals surface area contributed by atoms with Crippen LogP contribution in [-0.4, -0.2) is 23.0 Å². The first kappa shape index (κ1) is 13.7. The second-order valence-electron chi connectivity index (χ2n) is 4.68. The van der Waals surface area contributed by atoms with E-state index in [1.165, 1.54) is 0 Å². The molecule has 0 aliphatic heterocycles. The van der Waals surface area contributed by atoms with Crippen LogP contribution in [0.5, 0.6) is 0 Å². The number of rotatable bonds is 4. The minimum atomic E-state index is -3.55. The van der Waals surface area contributed by atoms with Gasteiger partial charge in [0.05, 0.1) is 11.4 Å². The fraction of sp³-hybridized carbons (Fsp3) is 0.143. The Bertz CT molecular complexity index is 869. The summed E-state index contributed by atoms with van der Waals surface area (Å²) in [4.78, 5) is 0.238. The quantitative estimate of drug-likeness (QED) is 0.792. The Kier molecular flexibility index (Phi) is 3.44. The van der Waals surface area contributed by atoms with Crippen LogP contribution in [0.3, 0.4) is 0 Å². The second-order valence-corrected chi connectivity index (χ2v) is 6.45. The van der Waals surface area contributed by atoms with E-state index in [1.54, 1.807) is 34.9 Å². The van der Waals surface area contributed by atoms with Crippen molar-refractivity contribution in [1.29, 1.82) is 0 Å². The highest BCUT2D eigenvalue weighted by Gasteiger charge is 2.15. The Labute approximate surface area is 122 Å². The summed E-state index contributed by atoms with van der Waals surface area (Å²) in [6, 6.07) is 12.2. The lowest BCUT2D eigenvalue weighted by molar-refractivity contribution is 0.579.